The largest absolute Gasteiger partial charge is 0.487 e. The van der Waals surface area contributed by atoms with Crippen molar-refractivity contribution in [3.05, 3.63) is 114 Å². The molecule has 39 heavy (non-hydrogen) atoms. The summed E-state index contributed by atoms with van der Waals surface area (Å²) in [7, 11) is 0. The molecule has 0 spiro atoms. The molecule has 3 heterocycles. The van der Waals surface area contributed by atoms with Crippen LogP contribution in [0.15, 0.2) is 79.4 Å². The van der Waals surface area contributed by atoms with Gasteiger partial charge in [-0.05, 0) is 83.8 Å². The van der Waals surface area contributed by atoms with Crippen molar-refractivity contribution < 1.29 is 14.3 Å². The monoisotopic (exact) mass is 754 g/mol. The Morgan fingerprint density at radius 1 is 1.26 bits per heavy atom. The van der Waals surface area contributed by atoms with Crippen molar-refractivity contribution in [1.82, 2.24) is 4.57 Å². The molecule has 0 unspecified atom stereocenters. The van der Waals surface area contributed by atoms with Crippen LogP contribution in [-0.2, 0) is 16.1 Å². The number of thiophene rings is 1. The Morgan fingerprint density at radius 2 is 2.03 bits per heavy atom. The smallest absolute Gasteiger partial charge is 0.338 e. The van der Waals surface area contributed by atoms with E-state index in [9.17, 15) is 9.59 Å². The van der Waals surface area contributed by atoms with Gasteiger partial charge in [0.15, 0.2) is 4.80 Å². The highest BCUT2D eigenvalue weighted by Crippen LogP contribution is 2.34. The summed E-state index contributed by atoms with van der Waals surface area (Å²) in [5.41, 5.74) is 2.42. The molecule has 2 aromatic carbocycles. The first-order chi connectivity index (χ1) is 18.8. The summed E-state index contributed by atoms with van der Waals surface area (Å²) in [6.07, 6.45) is 1.82. The number of benzene rings is 2. The zero-order valence-corrected chi connectivity index (χ0v) is 26.9. The number of esters is 1. The van der Waals surface area contributed by atoms with Gasteiger partial charge in [-0.2, -0.15) is 0 Å². The van der Waals surface area contributed by atoms with Gasteiger partial charge in [0.2, 0.25) is 0 Å². The summed E-state index contributed by atoms with van der Waals surface area (Å²) in [4.78, 5) is 32.9. The van der Waals surface area contributed by atoms with Crippen LogP contribution in [0.5, 0.6) is 5.75 Å². The van der Waals surface area contributed by atoms with Gasteiger partial charge in [0.1, 0.15) is 18.4 Å². The Morgan fingerprint density at radius 3 is 2.72 bits per heavy atom. The van der Waals surface area contributed by atoms with Gasteiger partial charge < -0.3 is 9.47 Å². The van der Waals surface area contributed by atoms with E-state index in [1.165, 1.54) is 22.7 Å². The molecule has 0 N–H and O–H groups in total. The molecule has 1 atom stereocenters. The van der Waals surface area contributed by atoms with E-state index < -0.39 is 12.0 Å². The Bertz CT molecular complexity index is 1760. The highest BCUT2D eigenvalue weighted by Gasteiger charge is 2.34. The van der Waals surface area contributed by atoms with Crippen molar-refractivity contribution in [3.63, 3.8) is 0 Å². The van der Waals surface area contributed by atoms with Crippen molar-refractivity contribution in [1.29, 1.82) is 0 Å². The molecule has 0 radical (unpaired) electrons. The molecule has 0 bridgehead atoms. The molecule has 0 amide bonds. The lowest BCUT2D eigenvalue weighted by atomic mass is 10.0. The Labute approximate surface area is 259 Å². The quantitative estimate of drug-likeness (QED) is 0.161. The van der Waals surface area contributed by atoms with Crippen molar-refractivity contribution in [2.45, 2.75) is 26.5 Å². The predicted molar refractivity (Wildman–Crippen MR) is 167 cm³/mol. The van der Waals surface area contributed by atoms with Gasteiger partial charge in [0, 0.05) is 19.9 Å². The minimum atomic E-state index is -0.606. The average Bonchev–Trinajstić information content (AvgIpc) is 3.52. The molecule has 4 aromatic rings. The van der Waals surface area contributed by atoms with Crippen molar-refractivity contribution in [2.24, 2.45) is 4.99 Å². The van der Waals surface area contributed by atoms with E-state index in [2.05, 4.69) is 43.5 Å². The van der Waals surface area contributed by atoms with Crippen LogP contribution in [0.2, 0.25) is 5.02 Å². The molecule has 11 heteroatoms. The second kappa shape index (κ2) is 12.1. The third-order valence-electron chi connectivity index (χ3n) is 5.95. The number of rotatable bonds is 7. The van der Waals surface area contributed by atoms with Crippen LogP contribution in [0.3, 0.4) is 0 Å². The number of hydrogen-bond acceptors (Lipinski definition) is 7. The van der Waals surface area contributed by atoms with E-state index in [0.717, 1.165) is 24.0 Å². The Balaban J connectivity index is 1.62. The second-order valence-corrected chi connectivity index (χ2v) is 13.0. The molecule has 0 aliphatic carbocycles. The van der Waals surface area contributed by atoms with E-state index in [1.807, 2.05) is 60.0 Å². The summed E-state index contributed by atoms with van der Waals surface area (Å²) in [6.45, 7) is 4.12. The molecule has 2 aromatic heterocycles. The lowest BCUT2D eigenvalue weighted by molar-refractivity contribution is -0.139. The van der Waals surface area contributed by atoms with E-state index >= 15 is 0 Å². The van der Waals surface area contributed by atoms with Crippen LogP contribution in [0.1, 0.15) is 35.9 Å². The third kappa shape index (κ3) is 5.95. The van der Waals surface area contributed by atoms with Crippen molar-refractivity contribution >= 4 is 84.8 Å². The fourth-order valence-corrected chi connectivity index (χ4v) is 7.92. The number of allylic oxidation sites excluding steroid dienone is 1. The standard InChI is InChI=1S/C28H21BrClIN2O4S2/c1-3-36-27(35)23-15(2)32-28-33(24(23)21-5-4-10-38-21)26(34)22(39-28)12-17-11-18(29)13-20(31)25(17)37-14-16-6-8-19(30)9-7-16/h4-13,24H,3,14H2,1-2H3/b22-12-/t24-/m0/s1. The van der Waals surface area contributed by atoms with Crippen LogP contribution in [-0.4, -0.2) is 17.1 Å². The number of aromatic nitrogens is 1. The maximum absolute atomic E-state index is 13.9. The number of thiazole rings is 1. The van der Waals surface area contributed by atoms with E-state index in [1.54, 1.807) is 18.4 Å². The molecule has 1 aliphatic heterocycles. The maximum atomic E-state index is 13.9. The number of hydrogen-bond donors (Lipinski definition) is 0. The van der Waals surface area contributed by atoms with Crippen LogP contribution >= 0.6 is 72.8 Å². The molecule has 0 fully saturated rings. The lowest BCUT2D eigenvalue weighted by Gasteiger charge is -2.23. The normalized spacial score (nSPS) is 15.2. The van der Waals surface area contributed by atoms with Gasteiger partial charge >= 0.3 is 5.97 Å². The van der Waals surface area contributed by atoms with Crippen molar-refractivity contribution in [2.75, 3.05) is 6.61 Å². The SMILES string of the molecule is CCOC(=O)C1=C(C)N=c2s/c(=C\c3cc(Br)cc(I)c3OCc3ccc(Cl)cc3)c(=O)n2[C@H]1c1cccs1. The lowest BCUT2D eigenvalue weighted by Crippen LogP contribution is -2.39. The van der Waals surface area contributed by atoms with Gasteiger partial charge in [0.05, 0.1) is 26.0 Å². The maximum Gasteiger partial charge on any atom is 0.338 e. The van der Waals surface area contributed by atoms with Crippen LogP contribution in [0.4, 0.5) is 0 Å². The summed E-state index contributed by atoms with van der Waals surface area (Å²) < 4.78 is 15.4. The zero-order chi connectivity index (χ0) is 27.7. The van der Waals surface area contributed by atoms with Gasteiger partial charge in [-0.15, -0.1) is 11.3 Å². The molecular weight excluding hydrogens is 735 g/mol. The van der Waals surface area contributed by atoms with E-state index in [-0.39, 0.29) is 12.2 Å². The minimum absolute atomic E-state index is 0.231. The molecular formula is C28H21BrClIN2O4S2. The first kappa shape index (κ1) is 28.3. The van der Waals surface area contributed by atoms with E-state index in [4.69, 9.17) is 21.1 Å². The first-order valence-corrected chi connectivity index (χ1v) is 15.8. The predicted octanol–water partition coefficient (Wildman–Crippen LogP) is 6.46. The number of carbonyl (C=O) groups excluding carboxylic acids is 1. The van der Waals surface area contributed by atoms with Gasteiger partial charge in [-0.25, -0.2) is 9.79 Å². The molecule has 0 saturated heterocycles. The number of carbonyl (C=O) groups is 1. The fraction of sp³-hybridized carbons (Fsp3) is 0.179. The third-order valence-corrected chi connectivity index (χ3v) is 9.37. The number of ether oxygens (including phenoxy) is 2. The van der Waals surface area contributed by atoms with Crippen LogP contribution in [0, 0.1) is 3.57 Å². The summed E-state index contributed by atoms with van der Waals surface area (Å²) >= 11 is 14.6. The van der Waals surface area contributed by atoms with Gasteiger partial charge in [-0.3, -0.25) is 9.36 Å². The average molecular weight is 756 g/mol. The molecule has 5 rings (SSSR count). The molecule has 0 saturated carbocycles. The summed E-state index contributed by atoms with van der Waals surface area (Å²) in [5.74, 6) is 0.198. The summed E-state index contributed by atoms with van der Waals surface area (Å²) in [6, 6.07) is 14.6. The van der Waals surface area contributed by atoms with E-state index in [0.29, 0.717) is 38.0 Å². The molecule has 6 nitrogen and oxygen atoms in total. The number of nitrogens with zero attached hydrogens (tertiary/aromatic N) is 2. The molecule has 200 valence electrons. The highest BCUT2D eigenvalue weighted by molar-refractivity contribution is 14.1. The zero-order valence-electron chi connectivity index (χ0n) is 20.7. The van der Waals surface area contributed by atoms with Crippen LogP contribution < -0.4 is 19.6 Å². The first-order valence-electron chi connectivity index (χ1n) is 11.9. The van der Waals surface area contributed by atoms with Crippen molar-refractivity contribution in [3.8, 4) is 5.75 Å². The van der Waals surface area contributed by atoms with Crippen LogP contribution in [0.25, 0.3) is 6.08 Å². The minimum Gasteiger partial charge on any atom is -0.487 e. The highest BCUT2D eigenvalue weighted by atomic mass is 127. The fourth-order valence-electron chi connectivity index (χ4n) is 4.22. The topological polar surface area (TPSA) is 69.9 Å². The number of fused-ring (bicyclic) bond motifs is 1. The van der Waals surface area contributed by atoms with Gasteiger partial charge in [0.25, 0.3) is 5.56 Å². The second-order valence-electron chi connectivity index (χ2n) is 8.54. The summed E-state index contributed by atoms with van der Waals surface area (Å²) in [5, 5.41) is 2.59. The Hall–Kier alpha value is -2.25. The van der Waals surface area contributed by atoms with Gasteiger partial charge in [-0.1, -0.05) is 57.1 Å². The Kier molecular flexibility index (Phi) is 8.77. The molecule has 1 aliphatic rings. The number of halogens is 3.